The molecule has 2 aromatic carbocycles. The summed E-state index contributed by atoms with van der Waals surface area (Å²) in [6, 6.07) is 11.6. The van der Waals surface area contributed by atoms with Gasteiger partial charge in [0.2, 0.25) is 0 Å². The predicted molar refractivity (Wildman–Crippen MR) is 120 cm³/mol. The molecule has 1 aromatic heterocycles. The molecule has 1 unspecified atom stereocenters. The molecule has 0 aliphatic rings. The van der Waals surface area contributed by atoms with Crippen LogP contribution in [0.2, 0.25) is 0 Å². The van der Waals surface area contributed by atoms with Gasteiger partial charge in [-0.2, -0.15) is 0 Å². The molecule has 11 nitrogen and oxygen atoms in total. The van der Waals surface area contributed by atoms with Crippen LogP contribution in [0.1, 0.15) is 17.3 Å². The Balaban J connectivity index is 1.70. The number of anilines is 2. The van der Waals surface area contributed by atoms with E-state index in [1.54, 1.807) is 11.4 Å². The van der Waals surface area contributed by atoms with Crippen LogP contribution in [0.4, 0.5) is 17.1 Å². The van der Waals surface area contributed by atoms with Crippen molar-refractivity contribution in [1.82, 2.24) is 0 Å². The quantitative estimate of drug-likeness (QED) is 0.187. The van der Waals surface area contributed by atoms with Crippen LogP contribution < -0.4 is 10.0 Å². The molecule has 0 aliphatic heterocycles. The zero-order valence-corrected chi connectivity index (χ0v) is 18.6. The lowest BCUT2D eigenvalue weighted by Crippen LogP contribution is -2.30. The smallest absolute Gasteiger partial charge is 0.342 e. The molecule has 0 aliphatic carbocycles. The number of sulfonamides is 1. The molecule has 0 saturated carbocycles. The van der Waals surface area contributed by atoms with E-state index in [0.29, 0.717) is 0 Å². The average Bonchev–Trinajstić information content (AvgIpc) is 3.31. The summed E-state index contributed by atoms with van der Waals surface area (Å²) >= 11 is 1.00. The number of hydrogen-bond acceptors (Lipinski definition) is 9. The standard InChI is InChI=1S/C20H17N3O8S2/c1-12(19(25)21-13-4-2-5-15(10-13)23(27)28)31-20(26)16-11-14(7-8-17(16)24)22-33(29,30)18-6-3-9-32-18/h2-12,22,24H,1H3,(H,21,25). The highest BCUT2D eigenvalue weighted by Crippen LogP contribution is 2.26. The van der Waals surface area contributed by atoms with Crippen molar-refractivity contribution in [3.05, 3.63) is 75.7 Å². The van der Waals surface area contributed by atoms with Crippen molar-refractivity contribution in [2.24, 2.45) is 0 Å². The third kappa shape index (κ3) is 5.84. The number of carbonyl (C=O) groups is 2. The van der Waals surface area contributed by atoms with Crippen LogP contribution >= 0.6 is 11.3 Å². The van der Waals surface area contributed by atoms with Gasteiger partial charge in [0, 0.05) is 23.5 Å². The van der Waals surface area contributed by atoms with Crippen molar-refractivity contribution in [3.8, 4) is 5.75 Å². The Morgan fingerprint density at radius 3 is 2.55 bits per heavy atom. The summed E-state index contributed by atoms with van der Waals surface area (Å²) in [4.78, 5) is 35.0. The molecular weight excluding hydrogens is 474 g/mol. The number of ether oxygens (including phenoxy) is 1. The Hall–Kier alpha value is -3.97. The Bertz CT molecular complexity index is 1310. The fourth-order valence-electron chi connectivity index (χ4n) is 2.60. The average molecular weight is 492 g/mol. The molecule has 0 saturated heterocycles. The number of phenolic OH excluding ortho intramolecular Hbond substituents is 1. The molecule has 0 fully saturated rings. The number of esters is 1. The van der Waals surface area contributed by atoms with Gasteiger partial charge in [-0.15, -0.1) is 11.3 Å². The largest absolute Gasteiger partial charge is 0.507 e. The third-order valence-electron chi connectivity index (χ3n) is 4.21. The number of nitrogens with zero attached hydrogens (tertiary/aromatic N) is 1. The minimum Gasteiger partial charge on any atom is -0.507 e. The van der Waals surface area contributed by atoms with Crippen molar-refractivity contribution < 1.29 is 32.8 Å². The number of hydrogen-bond donors (Lipinski definition) is 3. The van der Waals surface area contributed by atoms with E-state index < -0.39 is 38.7 Å². The molecular formula is C20H17N3O8S2. The summed E-state index contributed by atoms with van der Waals surface area (Å²) in [5, 5.41) is 24.8. The van der Waals surface area contributed by atoms with Gasteiger partial charge in [-0.1, -0.05) is 12.1 Å². The maximum atomic E-state index is 12.5. The van der Waals surface area contributed by atoms with Gasteiger partial charge < -0.3 is 15.2 Å². The van der Waals surface area contributed by atoms with Crippen LogP contribution in [0.15, 0.2) is 64.2 Å². The van der Waals surface area contributed by atoms with E-state index in [9.17, 15) is 33.2 Å². The van der Waals surface area contributed by atoms with Crippen LogP contribution in [0.3, 0.4) is 0 Å². The van der Waals surface area contributed by atoms with Gasteiger partial charge in [-0.05, 0) is 42.6 Å². The number of amides is 1. The number of nitrogens with one attached hydrogen (secondary N) is 2. The molecule has 0 bridgehead atoms. The van der Waals surface area contributed by atoms with Crippen LogP contribution in [0.25, 0.3) is 0 Å². The molecule has 0 spiro atoms. The van der Waals surface area contributed by atoms with Crippen molar-refractivity contribution in [1.29, 1.82) is 0 Å². The van der Waals surface area contributed by atoms with E-state index in [-0.39, 0.29) is 26.8 Å². The summed E-state index contributed by atoms with van der Waals surface area (Å²) in [5.41, 5.74) is -0.465. The number of aromatic hydroxyl groups is 1. The summed E-state index contributed by atoms with van der Waals surface area (Å²) in [5.74, 6) is -2.32. The highest BCUT2D eigenvalue weighted by atomic mass is 32.2. The normalized spacial score (nSPS) is 11.9. The number of phenols is 1. The van der Waals surface area contributed by atoms with Crippen molar-refractivity contribution in [2.75, 3.05) is 10.0 Å². The topological polar surface area (TPSA) is 165 Å². The van der Waals surface area contributed by atoms with Gasteiger partial charge in [-0.25, -0.2) is 13.2 Å². The van der Waals surface area contributed by atoms with Crippen LogP contribution in [-0.2, 0) is 19.6 Å². The Kier molecular flexibility index (Phi) is 6.94. The first-order valence-electron chi connectivity index (χ1n) is 9.22. The lowest BCUT2D eigenvalue weighted by atomic mass is 10.2. The van der Waals surface area contributed by atoms with Crippen LogP contribution in [0.5, 0.6) is 5.75 Å². The minimum absolute atomic E-state index is 0.00171. The fraction of sp³-hybridized carbons (Fsp3) is 0.100. The Morgan fingerprint density at radius 2 is 1.88 bits per heavy atom. The third-order valence-corrected chi connectivity index (χ3v) is 6.98. The van der Waals surface area contributed by atoms with E-state index in [1.807, 2.05) is 0 Å². The number of non-ortho nitro benzene ring substituents is 1. The van der Waals surface area contributed by atoms with Crippen molar-refractivity contribution >= 4 is 50.3 Å². The second kappa shape index (κ2) is 9.67. The van der Waals surface area contributed by atoms with Gasteiger partial charge in [-0.3, -0.25) is 19.6 Å². The first kappa shape index (κ1) is 23.7. The van der Waals surface area contributed by atoms with Gasteiger partial charge in [0.15, 0.2) is 6.10 Å². The summed E-state index contributed by atoms with van der Waals surface area (Å²) in [7, 11) is -3.88. The SMILES string of the molecule is CC(OC(=O)c1cc(NS(=O)(=O)c2cccs2)ccc1O)C(=O)Nc1cccc([N+](=O)[O-])c1. The zero-order valence-electron chi connectivity index (χ0n) is 16.9. The van der Waals surface area contributed by atoms with Gasteiger partial charge in [0.25, 0.3) is 21.6 Å². The summed E-state index contributed by atoms with van der Waals surface area (Å²) in [6.07, 6.45) is -1.33. The zero-order chi connectivity index (χ0) is 24.2. The second-order valence-electron chi connectivity index (χ2n) is 6.61. The Morgan fingerprint density at radius 1 is 1.12 bits per heavy atom. The molecule has 0 radical (unpaired) electrons. The molecule has 3 rings (SSSR count). The van der Waals surface area contributed by atoms with Gasteiger partial charge >= 0.3 is 5.97 Å². The molecule has 3 aromatic rings. The molecule has 172 valence electrons. The monoisotopic (exact) mass is 491 g/mol. The molecule has 3 N–H and O–H groups in total. The summed E-state index contributed by atoms with van der Waals surface area (Å²) < 4.78 is 32.1. The lowest BCUT2D eigenvalue weighted by Gasteiger charge is -2.15. The lowest BCUT2D eigenvalue weighted by molar-refractivity contribution is -0.384. The first-order valence-corrected chi connectivity index (χ1v) is 11.6. The van der Waals surface area contributed by atoms with Crippen LogP contribution in [0, 0.1) is 10.1 Å². The maximum absolute atomic E-state index is 12.5. The number of rotatable bonds is 8. The van der Waals surface area contributed by atoms with Crippen LogP contribution in [-0.4, -0.2) is 36.4 Å². The highest BCUT2D eigenvalue weighted by Gasteiger charge is 2.23. The summed E-state index contributed by atoms with van der Waals surface area (Å²) in [6.45, 7) is 1.27. The van der Waals surface area contributed by atoms with Crippen molar-refractivity contribution in [2.45, 2.75) is 17.2 Å². The highest BCUT2D eigenvalue weighted by molar-refractivity contribution is 7.94. The number of thiophene rings is 1. The minimum atomic E-state index is -3.88. The van der Waals surface area contributed by atoms with Crippen molar-refractivity contribution in [3.63, 3.8) is 0 Å². The number of carbonyl (C=O) groups excluding carboxylic acids is 2. The van der Waals surface area contributed by atoms with E-state index in [4.69, 9.17) is 4.74 Å². The van der Waals surface area contributed by atoms with E-state index in [0.717, 1.165) is 29.5 Å². The molecule has 13 heteroatoms. The molecule has 1 atom stereocenters. The van der Waals surface area contributed by atoms with Gasteiger partial charge in [0.05, 0.1) is 4.92 Å². The number of nitro groups is 1. The predicted octanol–water partition coefficient (Wildman–Crippen LogP) is 3.35. The van der Waals surface area contributed by atoms with E-state index in [1.165, 1.54) is 37.3 Å². The van der Waals surface area contributed by atoms with E-state index in [2.05, 4.69) is 10.0 Å². The fourth-order valence-corrected chi connectivity index (χ4v) is 4.65. The van der Waals surface area contributed by atoms with Gasteiger partial charge in [0.1, 0.15) is 15.5 Å². The van der Waals surface area contributed by atoms with E-state index >= 15 is 0 Å². The number of nitro benzene ring substituents is 1. The molecule has 1 heterocycles. The Labute approximate surface area is 191 Å². The molecule has 1 amide bonds. The molecule has 33 heavy (non-hydrogen) atoms. The second-order valence-corrected chi connectivity index (χ2v) is 9.47. The number of benzene rings is 2. The maximum Gasteiger partial charge on any atom is 0.342 e. The first-order chi connectivity index (χ1) is 15.6.